The van der Waals surface area contributed by atoms with Crippen molar-refractivity contribution in [2.75, 3.05) is 7.11 Å². The monoisotopic (exact) mass is 320 g/mol. The lowest BCUT2D eigenvalue weighted by atomic mass is 10.2. The molecule has 0 saturated carbocycles. The van der Waals surface area contributed by atoms with E-state index in [0.29, 0.717) is 16.1 Å². The second-order valence-corrected chi connectivity index (χ2v) is 4.78. The molecule has 0 N–H and O–H groups in total. The molecule has 0 atom stereocenters. The van der Waals surface area contributed by atoms with Gasteiger partial charge in [-0.3, -0.25) is 0 Å². The molecule has 0 radical (unpaired) electrons. The minimum atomic E-state index is 0.211. The van der Waals surface area contributed by atoms with E-state index in [2.05, 4.69) is 29.8 Å². The van der Waals surface area contributed by atoms with Crippen molar-refractivity contribution >= 4 is 27.5 Å². The number of hydrogen-bond acceptors (Lipinski definition) is 2. The van der Waals surface area contributed by atoms with Crippen molar-refractivity contribution in [1.29, 1.82) is 0 Å². The quantitative estimate of drug-likeness (QED) is 0.700. The van der Waals surface area contributed by atoms with Crippen molar-refractivity contribution < 1.29 is 9.47 Å². The molecule has 0 spiro atoms. The summed E-state index contributed by atoms with van der Waals surface area (Å²) in [5, 5.41) is 1.35. The lowest BCUT2D eigenvalue weighted by Gasteiger charge is -2.20. The van der Waals surface area contributed by atoms with Crippen LogP contribution in [0.5, 0.6) is 11.5 Å². The van der Waals surface area contributed by atoms with E-state index in [0.717, 1.165) is 24.2 Å². The molecular formula is C13H18BrClO2. The van der Waals surface area contributed by atoms with E-state index in [9.17, 15) is 0 Å². The summed E-state index contributed by atoms with van der Waals surface area (Å²) < 4.78 is 11.3. The molecule has 0 aromatic heterocycles. The average molecular weight is 322 g/mol. The summed E-state index contributed by atoms with van der Waals surface area (Å²) in [5.74, 6) is 1.49. The predicted octanol–water partition coefficient (Wildman–Crippen LogP) is 4.81. The molecule has 0 unspecified atom stereocenters. The lowest BCUT2D eigenvalue weighted by Crippen LogP contribution is -2.15. The summed E-state index contributed by atoms with van der Waals surface area (Å²) in [5.41, 5.74) is 1.02. The maximum absolute atomic E-state index is 6.03. The van der Waals surface area contributed by atoms with Crippen LogP contribution in [0.3, 0.4) is 0 Å². The Hall–Kier alpha value is -0.410. The lowest BCUT2D eigenvalue weighted by molar-refractivity contribution is 0.183. The van der Waals surface area contributed by atoms with Gasteiger partial charge >= 0.3 is 0 Å². The predicted molar refractivity (Wildman–Crippen MR) is 75.6 cm³/mol. The van der Waals surface area contributed by atoms with Gasteiger partial charge in [-0.15, -0.1) is 0 Å². The van der Waals surface area contributed by atoms with E-state index in [-0.39, 0.29) is 6.10 Å². The highest BCUT2D eigenvalue weighted by Gasteiger charge is 2.15. The third-order valence-corrected chi connectivity index (χ3v) is 3.48. The molecular weight excluding hydrogens is 303 g/mol. The van der Waals surface area contributed by atoms with Gasteiger partial charge in [-0.25, -0.2) is 0 Å². The van der Waals surface area contributed by atoms with Crippen molar-refractivity contribution in [3.63, 3.8) is 0 Å². The number of benzene rings is 1. The van der Waals surface area contributed by atoms with E-state index in [1.165, 1.54) is 0 Å². The molecule has 0 aliphatic heterocycles. The first-order valence-corrected chi connectivity index (χ1v) is 7.25. The van der Waals surface area contributed by atoms with Crippen LogP contribution in [0.2, 0.25) is 5.02 Å². The molecule has 0 aliphatic rings. The SMILES string of the molecule is CCC(CC)Oc1c(CBr)cc(Cl)cc1OC. The fourth-order valence-corrected chi connectivity index (χ4v) is 2.28. The van der Waals surface area contributed by atoms with Crippen LogP contribution < -0.4 is 9.47 Å². The Morgan fingerprint density at radius 1 is 1.29 bits per heavy atom. The van der Waals surface area contributed by atoms with Crippen LogP contribution in [0.15, 0.2) is 12.1 Å². The fourth-order valence-electron chi connectivity index (χ4n) is 1.63. The molecule has 0 bridgehead atoms. The normalized spacial score (nSPS) is 10.7. The van der Waals surface area contributed by atoms with Crippen LogP contribution >= 0.6 is 27.5 Å². The van der Waals surface area contributed by atoms with Crippen LogP contribution in [0.25, 0.3) is 0 Å². The second-order valence-electron chi connectivity index (χ2n) is 3.79. The summed E-state index contributed by atoms with van der Waals surface area (Å²) in [6.45, 7) is 4.23. The Bertz CT molecular complexity index is 339. The van der Waals surface area contributed by atoms with Gasteiger partial charge in [0.05, 0.1) is 13.2 Å². The van der Waals surface area contributed by atoms with Crippen LogP contribution in [0, 0.1) is 0 Å². The zero-order chi connectivity index (χ0) is 12.8. The van der Waals surface area contributed by atoms with Crippen molar-refractivity contribution in [3.8, 4) is 11.5 Å². The first-order chi connectivity index (χ1) is 8.15. The summed E-state index contributed by atoms with van der Waals surface area (Å²) in [4.78, 5) is 0. The van der Waals surface area contributed by atoms with Crippen LogP contribution in [0.4, 0.5) is 0 Å². The van der Waals surface area contributed by atoms with E-state index in [1.807, 2.05) is 6.07 Å². The van der Waals surface area contributed by atoms with Crippen molar-refractivity contribution in [2.45, 2.75) is 38.1 Å². The van der Waals surface area contributed by atoms with Crippen molar-refractivity contribution in [3.05, 3.63) is 22.7 Å². The molecule has 96 valence electrons. The number of methoxy groups -OCH3 is 1. The highest BCUT2D eigenvalue weighted by Crippen LogP contribution is 2.37. The molecule has 0 aliphatic carbocycles. The smallest absolute Gasteiger partial charge is 0.165 e. The summed E-state index contributed by atoms with van der Waals surface area (Å²) in [6.07, 6.45) is 2.16. The number of halogens is 2. The van der Waals surface area contributed by atoms with Gasteiger partial charge < -0.3 is 9.47 Å². The Morgan fingerprint density at radius 3 is 2.41 bits per heavy atom. The van der Waals surface area contributed by atoms with Gasteiger partial charge in [-0.05, 0) is 18.9 Å². The van der Waals surface area contributed by atoms with E-state index in [4.69, 9.17) is 21.1 Å². The molecule has 0 saturated heterocycles. The van der Waals surface area contributed by atoms with Crippen LogP contribution in [-0.2, 0) is 5.33 Å². The minimum absolute atomic E-state index is 0.211. The Kier molecular flexibility index (Phi) is 6.14. The maximum atomic E-state index is 6.03. The number of alkyl halides is 1. The van der Waals surface area contributed by atoms with E-state index in [1.54, 1.807) is 13.2 Å². The zero-order valence-electron chi connectivity index (χ0n) is 10.4. The standard InChI is InChI=1S/C13H18BrClO2/c1-4-11(5-2)17-13-9(8-14)6-10(15)7-12(13)16-3/h6-7,11H,4-5,8H2,1-3H3. The molecule has 1 aromatic rings. The van der Waals surface area contributed by atoms with Crippen molar-refractivity contribution in [1.82, 2.24) is 0 Å². The topological polar surface area (TPSA) is 18.5 Å². The Balaban J connectivity index is 3.10. The second kappa shape index (κ2) is 7.12. The Labute approximate surface area is 116 Å². The summed E-state index contributed by atoms with van der Waals surface area (Å²) >= 11 is 9.47. The van der Waals surface area contributed by atoms with Crippen LogP contribution in [-0.4, -0.2) is 13.2 Å². The van der Waals surface area contributed by atoms with E-state index >= 15 is 0 Å². The molecule has 1 rings (SSSR count). The Morgan fingerprint density at radius 2 is 1.94 bits per heavy atom. The first-order valence-electron chi connectivity index (χ1n) is 5.75. The number of rotatable bonds is 6. The highest BCUT2D eigenvalue weighted by molar-refractivity contribution is 9.08. The molecule has 0 amide bonds. The molecule has 1 aromatic carbocycles. The third-order valence-electron chi connectivity index (χ3n) is 2.66. The first kappa shape index (κ1) is 14.7. The molecule has 17 heavy (non-hydrogen) atoms. The van der Waals surface area contributed by atoms with Crippen LogP contribution in [0.1, 0.15) is 32.3 Å². The number of ether oxygens (including phenoxy) is 2. The highest BCUT2D eigenvalue weighted by atomic mass is 79.9. The van der Waals surface area contributed by atoms with Gasteiger partial charge in [0.25, 0.3) is 0 Å². The van der Waals surface area contributed by atoms with Gasteiger partial charge in [-0.2, -0.15) is 0 Å². The average Bonchev–Trinajstić information content (AvgIpc) is 2.36. The third kappa shape index (κ3) is 3.78. The zero-order valence-corrected chi connectivity index (χ0v) is 12.8. The van der Waals surface area contributed by atoms with E-state index < -0.39 is 0 Å². The van der Waals surface area contributed by atoms with Gasteiger partial charge in [0.15, 0.2) is 11.5 Å². The summed E-state index contributed by atoms with van der Waals surface area (Å²) in [7, 11) is 1.63. The molecule has 2 nitrogen and oxygen atoms in total. The minimum Gasteiger partial charge on any atom is -0.493 e. The summed E-state index contributed by atoms with van der Waals surface area (Å²) in [6, 6.07) is 3.68. The van der Waals surface area contributed by atoms with Crippen molar-refractivity contribution in [2.24, 2.45) is 0 Å². The van der Waals surface area contributed by atoms with Gasteiger partial charge in [0.2, 0.25) is 0 Å². The maximum Gasteiger partial charge on any atom is 0.165 e. The largest absolute Gasteiger partial charge is 0.493 e. The molecule has 0 fully saturated rings. The van der Waals surface area contributed by atoms with Gasteiger partial charge in [0, 0.05) is 22.0 Å². The van der Waals surface area contributed by atoms with Gasteiger partial charge in [-0.1, -0.05) is 41.4 Å². The molecule has 0 heterocycles. The number of hydrogen-bond donors (Lipinski definition) is 0. The molecule has 4 heteroatoms. The van der Waals surface area contributed by atoms with Gasteiger partial charge in [0.1, 0.15) is 0 Å². The fraction of sp³-hybridized carbons (Fsp3) is 0.538.